The topological polar surface area (TPSA) is 101 Å². The molecule has 1 heterocycles. The van der Waals surface area contributed by atoms with Crippen LogP contribution in [0.25, 0.3) is 11.4 Å². The van der Waals surface area contributed by atoms with E-state index in [-0.39, 0.29) is 11.5 Å². The zero-order valence-electron chi connectivity index (χ0n) is 10.3. The van der Waals surface area contributed by atoms with Crippen LogP contribution >= 0.6 is 0 Å². The molecule has 2 rings (SSSR count). The van der Waals surface area contributed by atoms with E-state index in [0.717, 1.165) is 11.3 Å². The van der Waals surface area contributed by atoms with Crippen LogP contribution in [0, 0.1) is 0 Å². The smallest absolute Gasteiger partial charge is 0.276 e. The summed E-state index contributed by atoms with van der Waals surface area (Å²) in [6.07, 6.45) is 0. The number of hydrogen-bond acceptors (Lipinski definition) is 5. The molecule has 0 saturated heterocycles. The highest BCUT2D eigenvalue weighted by molar-refractivity contribution is 5.75. The van der Waals surface area contributed by atoms with Gasteiger partial charge in [-0.3, -0.25) is 4.79 Å². The van der Waals surface area contributed by atoms with Gasteiger partial charge in [0.25, 0.3) is 5.56 Å². The van der Waals surface area contributed by atoms with E-state index in [1.54, 1.807) is 0 Å². The summed E-state index contributed by atoms with van der Waals surface area (Å²) in [5.74, 6) is 0.457. The maximum atomic E-state index is 11.6. The Morgan fingerprint density at radius 3 is 2.50 bits per heavy atom. The van der Waals surface area contributed by atoms with Gasteiger partial charge >= 0.3 is 0 Å². The Morgan fingerprint density at radius 1 is 1.22 bits per heavy atom. The Kier molecular flexibility index (Phi) is 2.93. The van der Waals surface area contributed by atoms with Crippen molar-refractivity contribution in [1.29, 1.82) is 0 Å². The van der Waals surface area contributed by atoms with E-state index in [1.165, 1.54) is 0 Å². The number of nitrogens with one attached hydrogen (secondary N) is 1. The number of anilines is 3. The Bertz CT molecular complexity index is 633. The summed E-state index contributed by atoms with van der Waals surface area (Å²) in [5, 5.41) is 0. The van der Waals surface area contributed by atoms with Crippen molar-refractivity contribution in [1.82, 2.24) is 9.97 Å². The minimum Gasteiger partial charge on any atom is -0.391 e. The Balaban J connectivity index is 2.66. The van der Waals surface area contributed by atoms with E-state index in [4.69, 9.17) is 11.5 Å². The lowest BCUT2D eigenvalue weighted by Crippen LogP contribution is -2.18. The van der Waals surface area contributed by atoms with Crippen molar-refractivity contribution in [2.45, 2.75) is 0 Å². The fourth-order valence-electron chi connectivity index (χ4n) is 1.69. The third kappa shape index (κ3) is 2.00. The van der Waals surface area contributed by atoms with Gasteiger partial charge < -0.3 is 21.4 Å². The fraction of sp³-hybridized carbons (Fsp3) is 0.167. The van der Waals surface area contributed by atoms with Gasteiger partial charge in [0, 0.05) is 25.3 Å². The SMILES string of the molecule is CN(C)c1ccccc1-c1nc(N)c(N)c(=O)[nH]1. The molecule has 0 fully saturated rings. The second-order valence-corrected chi connectivity index (χ2v) is 4.13. The molecular formula is C12H15N5O. The fourth-order valence-corrected chi connectivity index (χ4v) is 1.69. The van der Waals surface area contributed by atoms with Crippen molar-refractivity contribution < 1.29 is 0 Å². The first-order valence-electron chi connectivity index (χ1n) is 5.42. The number of para-hydroxylation sites is 1. The summed E-state index contributed by atoms with van der Waals surface area (Å²) in [4.78, 5) is 20.3. The van der Waals surface area contributed by atoms with Crippen LogP contribution in [-0.2, 0) is 0 Å². The molecule has 0 amide bonds. The molecule has 1 aromatic heterocycles. The molecule has 0 aliphatic rings. The Morgan fingerprint density at radius 2 is 1.89 bits per heavy atom. The third-order valence-corrected chi connectivity index (χ3v) is 2.63. The van der Waals surface area contributed by atoms with E-state index >= 15 is 0 Å². The van der Waals surface area contributed by atoms with Crippen molar-refractivity contribution in [3.63, 3.8) is 0 Å². The van der Waals surface area contributed by atoms with Gasteiger partial charge in [-0.1, -0.05) is 12.1 Å². The van der Waals surface area contributed by atoms with Crippen LogP contribution in [0.4, 0.5) is 17.2 Å². The zero-order chi connectivity index (χ0) is 13.3. The third-order valence-electron chi connectivity index (χ3n) is 2.63. The van der Waals surface area contributed by atoms with Crippen LogP contribution in [0.3, 0.4) is 0 Å². The first-order chi connectivity index (χ1) is 8.50. The number of aromatic nitrogens is 2. The van der Waals surface area contributed by atoms with Crippen molar-refractivity contribution in [3.05, 3.63) is 34.6 Å². The standard InChI is InChI=1S/C12H15N5O/c1-17(2)8-6-4-3-5-7(8)11-15-10(14)9(13)12(18)16-11/h3-6H,13H2,1-2H3,(H3,14,15,16,18). The Hall–Kier alpha value is -2.50. The van der Waals surface area contributed by atoms with Crippen molar-refractivity contribution in [3.8, 4) is 11.4 Å². The predicted molar refractivity (Wildman–Crippen MR) is 73.4 cm³/mol. The molecule has 0 atom stereocenters. The van der Waals surface area contributed by atoms with Crippen molar-refractivity contribution >= 4 is 17.2 Å². The number of H-pyrrole nitrogens is 1. The molecule has 0 aliphatic heterocycles. The minimum atomic E-state index is -0.425. The molecule has 0 unspecified atom stereocenters. The van der Waals surface area contributed by atoms with Crippen LogP contribution in [0.1, 0.15) is 0 Å². The molecule has 6 heteroatoms. The van der Waals surface area contributed by atoms with Gasteiger partial charge in [0.2, 0.25) is 0 Å². The average molecular weight is 245 g/mol. The van der Waals surface area contributed by atoms with E-state index < -0.39 is 5.56 Å². The van der Waals surface area contributed by atoms with Gasteiger partial charge in [-0.05, 0) is 12.1 Å². The van der Waals surface area contributed by atoms with Crippen LogP contribution in [0.2, 0.25) is 0 Å². The highest BCUT2D eigenvalue weighted by Gasteiger charge is 2.11. The van der Waals surface area contributed by atoms with Gasteiger partial charge in [-0.15, -0.1) is 0 Å². The largest absolute Gasteiger partial charge is 0.391 e. The maximum Gasteiger partial charge on any atom is 0.276 e. The first-order valence-corrected chi connectivity index (χ1v) is 5.42. The van der Waals surface area contributed by atoms with Crippen LogP contribution < -0.4 is 21.9 Å². The highest BCUT2D eigenvalue weighted by atomic mass is 16.1. The molecule has 0 spiro atoms. The summed E-state index contributed by atoms with van der Waals surface area (Å²) in [5.41, 5.74) is 12.4. The summed E-state index contributed by atoms with van der Waals surface area (Å²) in [6.45, 7) is 0. The van der Waals surface area contributed by atoms with Gasteiger partial charge in [0.05, 0.1) is 0 Å². The summed E-state index contributed by atoms with van der Waals surface area (Å²) in [7, 11) is 3.83. The molecule has 1 aromatic carbocycles. The normalized spacial score (nSPS) is 10.3. The van der Waals surface area contributed by atoms with E-state index in [1.807, 2.05) is 43.3 Å². The zero-order valence-corrected chi connectivity index (χ0v) is 10.3. The number of hydrogen-bond donors (Lipinski definition) is 3. The van der Waals surface area contributed by atoms with E-state index in [0.29, 0.717) is 5.82 Å². The number of benzene rings is 1. The molecule has 0 bridgehead atoms. The molecule has 6 nitrogen and oxygen atoms in total. The monoisotopic (exact) mass is 245 g/mol. The molecule has 2 aromatic rings. The first kappa shape index (κ1) is 12.0. The minimum absolute atomic E-state index is 0.0438. The summed E-state index contributed by atoms with van der Waals surface area (Å²) >= 11 is 0. The maximum absolute atomic E-state index is 11.6. The van der Waals surface area contributed by atoms with Gasteiger partial charge in [0.15, 0.2) is 5.82 Å². The van der Waals surface area contributed by atoms with Crippen LogP contribution in [0.5, 0.6) is 0 Å². The molecular weight excluding hydrogens is 230 g/mol. The lowest BCUT2D eigenvalue weighted by atomic mass is 10.1. The lowest BCUT2D eigenvalue weighted by molar-refractivity contribution is 1.10. The van der Waals surface area contributed by atoms with Crippen LogP contribution in [0.15, 0.2) is 29.1 Å². The van der Waals surface area contributed by atoms with Crippen molar-refractivity contribution in [2.75, 3.05) is 30.5 Å². The molecule has 18 heavy (non-hydrogen) atoms. The second-order valence-electron chi connectivity index (χ2n) is 4.13. The quantitative estimate of drug-likeness (QED) is 0.721. The molecule has 0 aliphatic carbocycles. The highest BCUT2D eigenvalue weighted by Crippen LogP contribution is 2.27. The molecule has 5 N–H and O–H groups in total. The lowest BCUT2D eigenvalue weighted by Gasteiger charge is -2.16. The van der Waals surface area contributed by atoms with E-state index in [2.05, 4.69) is 9.97 Å². The number of nitrogens with two attached hydrogens (primary N) is 2. The van der Waals surface area contributed by atoms with Gasteiger partial charge in [-0.2, -0.15) is 0 Å². The molecule has 0 radical (unpaired) electrons. The molecule has 94 valence electrons. The number of aromatic amines is 1. The van der Waals surface area contributed by atoms with Gasteiger partial charge in [-0.25, -0.2) is 4.98 Å². The van der Waals surface area contributed by atoms with Crippen LogP contribution in [-0.4, -0.2) is 24.1 Å². The number of rotatable bonds is 2. The second kappa shape index (κ2) is 4.40. The number of nitrogens with zero attached hydrogens (tertiary/aromatic N) is 2. The van der Waals surface area contributed by atoms with Crippen molar-refractivity contribution in [2.24, 2.45) is 0 Å². The predicted octanol–water partition coefficient (Wildman–Crippen LogP) is 0.667. The number of nitrogen functional groups attached to an aromatic ring is 2. The summed E-state index contributed by atoms with van der Waals surface area (Å²) in [6, 6.07) is 7.58. The Labute approximate surface area is 104 Å². The summed E-state index contributed by atoms with van der Waals surface area (Å²) < 4.78 is 0. The van der Waals surface area contributed by atoms with E-state index in [9.17, 15) is 4.79 Å². The average Bonchev–Trinajstić information content (AvgIpc) is 2.35. The molecule has 0 saturated carbocycles. The van der Waals surface area contributed by atoms with Gasteiger partial charge in [0.1, 0.15) is 11.5 Å².